The number of nitrogens with zero attached hydrogens (tertiary/aromatic N) is 1. The van der Waals surface area contributed by atoms with Crippen LogP contribution in [0.5, 0.6) is 0 Å². The predicted octanol–water partition coefficient (Wildman–Crippen LogP) is 1.35. The van der Waals surface area contributed by atoms with Gasteiger partial charge in [0.25, 0.3) is 5.91 Å². The summed E-state index contributed by atoms with van der Waals surface area (Å²) < 4.78 is 0. The molecule has 1 fully saturated rings. The summed E-state index contributed by atoms with van der Waals surface area (Å²) in [6.45, 7) is 7.53. The molecule has 86 valence electrons. The van der Waals surface area contributed by atoms with Crippen molar-refractivity contribution in [1.29, 1.82) is 0 Å². The molecule has 3 nitrogen and oxygen atoms in total. The number of carbonyl (C=O) groups is 1. The Labute approximate surface area is 96.5 Å². The maximum atomic E-state index is 12.2. The zero-order valence-electron chi connectivity index (χ0n) is 9.92. The molecule has 1 aromatic rings. The fourth-order valence-corrected chi connectivity index (χ4v) is 1.92. The standard InChI is InChI=1S/C13H18N2O/c1-10-3-4-12(9-11(10)2)13(16)15-7-5-14-6-8-15/h3-4,9,14H,5-8H2,1-2H3. The first-order valence-corrected chi connectivity index (χ1v) is 5.76. The zero-order chi connectivity index (χ0) is 11.5. The number of aryl methyl sites for hydroxylation is 2. The molecule has 1 N–H and O–H groups in total. The van der Waals surface area contributed by atoms with E-state index in [1.54, 1.807) is 0 Å². The van der Waals surface area contributed by atoms with E-state index in [0.717, 1.165) is 31.7 Å². The Morgan fingerprint density at radius 2 is 1.88 bits per heavy atom. The van der Waals surface area contributed by atoms with Crippen molar-refractivity contribution in [3.8, 4) is 0 Å². The lowest BCUT2D eigenvalue weighted by atomic mass is 10.1. The highest BCUT2D eigenvalue weighted by molar-refractivity contribution is 5.94. The average Bonchev–Trinajstić information content (AvgIpc) is 2.33. The molecule has 0 radical (unpaired) electrons. The first-order chi connectivity index (χ1) is 7.68. The van der Waals surface area contributed by atoms with Crippen LogP contribution in [0.3, 0.4) is 0 Å². The van der Waals surface area contributed by atoms with E-state index in [2.05, 4.69) is 12.2 Å². The van der Waals surface area contributed by atoms with E-state index in [-0.39, 0.29) is 5.91 Å². The van der Waals surface area contributed by atoms with Gasteiger partial charge in [-0.2, -0.15) is 0 Å². The molecule has 1 aliphatic heterocycles. The van der Waals surface area contributed by atoms with Crippen molar-refractivity contribution in [2.75, 3.05) is 26.2 Å². The summed E-state index contributed by atoms with van der Waals surface area (Å²) in [5, 5.41) is 3.25. The van der Waals surface area contributed by atoms with Crippen molar-refractivity contribution >= 4 is 5.91 Å². The van der Waals surface area contributed by atoms with Gasteiger partial charge in [-0.25, -0.2) is 0 Å². The number of piperazine rings is 1. The van der Waals surface area contributed by atoms with E-state index in [1.165, 1.54) is 11.1 Å². The number of carbonyl (C=O) groups excluding carboxylic acids is 1. The average molecular weight is 218 g/mol. The molecule has 0 unspecified atom stereocenters. The number of benzene rings is 1. The van der Waals surface area contributed by atoms with Gasteiger partial charge < -0.3 is 10.2 Å². The summed E-state index contributed by atoms with van der Waals surface area (Å²) in [7, 11) is 0. The molecule has 0 aliphatic carbocycles. The molecule has 0 aromatic heterocycles. The molecule has 3 heteroatoms. The van der Waals surface area contributed by atoms with Crippen LogP contribution < -0.4 is 5.32 Å². The minimum Gasteiger partial charge on any atom is -0.336 e. The summed E-state index contributed by atoms with van der Waals surface area (Å²) in [5.74, 6) is 0.157. The van der Waals surface area contributed by atoms with Crippen molar-refractivity contribution < 1.29 is 4.79 Å². The number of hydrogen-bond acceptors (Lipinski definition) is 2. The monoisotopic (exact) mass is 218 g/mol. The minimum absolute atomic E-state index is 0.157. The third-order valence-electron chi connectivity index (χ3n) is 3.16. The normalized spacial score (nSPS) is 16.2. The maximum Gasteiger partial charge on any atom is 0.253 e. The third kappa shape index (κ3) is 2.25. The molecule has 0 spiro atoms. The van der Waals surface area contributed by atoms with Crippen LogP contribution in [-0.4, -0.2) is 37.0 Å². The molecule has 1 saturated heterocycles. The molecule has 16 heavy (non-hydrogen) atoms. The molecule has 2 rings (SSSR count). The molecular weight excluding hydrogens is 200 g/mol. The summed E-state index contributed by atoms with van der Waals surface area (Å²) in [6, 6.07) is 5.93. The largest absolute Gasteiger partial charge is 0.336 e. The SMILES string of the molecule is Cc1ccc(C(=O)N2CCNCC2)cc1C. The number of amides is 1. The van der Waals surface area contributed by atoms with Gasteiger partial charge in [-0.1, -0.05) is 6.07 Å². The third-order valence-corrected chi connectivity index (χ3v) is 3.16. The van der Waals surface area contributed by atoms with Crippen molar-refractivity contribution in [1.82, 2.24) is 10.2 Å². The van der Waals surface area contributed by atoms with Crippen LogP contribution in [-0.2, 0) is 0 Å². The van der Waals surface area contributed by atoms with Gasteiger partial charge >= 0.3 is 0 Å². The van der Waals surface area contributed by atoms with E-state index < -0.39 is 0 Å². The van der Waals surface area contributed by atoms with E-state index in [4.69, 9.17) is 0 Å². The van der Waals surface area contributed by atoms with E-state index in [9.17, 15) is 4.79 Å². The Morgan fingerprint density at radius 1 is 1.19 bits per heavy atom. The Bertz CT molecular complexity index is 395. The molecule has 1 aromatic carbocycles. The molecule has 1 amide bonds. The van der Waals surface area contributed by atoms with Gasteiger partial charge in [0.1, 0.15) is 0 Å². The first kappa shape index (κ1) is 11.1. The summed E-state index contributed by atoms with van der Waals surface area (Å²) in [4.78, 5) is 14.1. The van der Waals surface area contributed by atoms with Crippen LogP contribution in [0.4, 0.5) is 0 Å². The van der Waals surface area contributed by atoms with Gasteiger partial charge in [0, 0.05) is 31.7 Å². The van der Waals surface area contributed by atoms with Gasteiger partial charge in [-0.05, 0) is 37.1 Å². The number of rotatable bonds is 1. The predicted molar refractivity (Wildman–Crippen MR) is 64.7 cm³/mol. The molecular formula is C13H18N2O. The highest BCUT2D eigenvalue weighted by Gasteiger charge is 2.17. The van der Waals surface area contributed by atoms with Crippen molar-refractivity contribution in [3.63, 3.8) is 0 Å². The molecule has 1 heterocycles. The quantitative estimate of drug-likeness (QED) is 0.771. The van der Waals surface area contributed by atoms with Crippen LogP contribution in [0.2, 0.25) is 0 Å². The Balaban J connectivity index is 2.16. The van der Waals surface area contributed by atoms with Crippen LogP contribution in [0.1, 0.15) is 21.5 Å². The molecule has 0 saturated carbocycles. The van der Waals surface area contributed by atoms with Crippen molar-refractivity contribution in [2.24, 2.45) is 0 Å². The van der Waals surface area contributed by atoms with Crippen molar-refractivity contribution in [2.45, 2.75) is 13.8 Å². The van der Waals surface area contributed by atoms with Crippen molar-refractivity contribution in [3.05, 3.63) is 34.9 Å². The molecule has 0 atom stereocenters. The Morgan fingerprint density at radius 3 is 2.50 bits per heavy atom. The van der Waals surface area contributed by atoms with Crippen LogP contribution in [0.25, 0.3) is 0 Å². The van der Waals surface area contributed by atoms with Gasteiger partial charge in [0.05, 0.1) is 0 Å². The number of nitrogens with one attached hydrogen (secondary N) is 1. The molecule has 1 aliphatic rings. The van der Waals surface area contributed by atoms with E-state index in [1.807, 2.05) is 30.0 Å². The van der Waals surface area contributed by atoms with E-state index >= 15 is 0 Å². The lowest BCUT2D eigenvalue weighted by Gasteiger charge is -2.27. The second kappa shape index (κ2) is 4.66. The van der Waals surface area contributed by atoms with Crippen LogP contribution in [0, 0.1) is 13.8 Å². The van der Waals surface area contributed by atoms with Gasteiger partial charge in [0.15, 0.2) is 0 Å². The summed E-state index contributed by atoms with van der Waals surface area (Å²) in [6.07, 6.45) is 0. The zero-order valence-corrected chi connectivity index (χ0v) is 9.92. The van der Waals surface area contributed by atoms with Gasteiger partial charge in [0.2, 0.25) is 0 Å². The van der Waals surface area contributed by atoms with Crippen LogP contribution in [0.15, 0.2) is 18.2 Å². The summed E-state index contributed by atoms with van der Waals surface area (Å²) >= 11 is 0. The second-order valence-corrected chi connectivity index (χ2v) is 4.34. The Kier molecular flexibility index (Phi) is 3.25. The van der Waals surface area contributed by atoms with Gasteiger partial charge in [-0.3, -0.25) is 4.79 Å². The number of hydrogen-bond donors (Lipinski definition) is 1. The topological polar surface area (TPSA) is 32.3 Å². The van der Waals surface area contributed by atoms with Gasteiger partial charge in [-0.15, -0.1) is 0 Å². The minimum atomic E-state index is 0.157. The lowest BCUT2D eigenvalue weighted by molar-refractivity contribution is 0.0735. The lowest BCUT2D eigenvalue weighted by Crippen LogP contribution is -2.46. The highest BCUT2D eigenvalue weighted by atomic mass is 16.2. The fraction of sp³-hybridized carbons (Fsp3) is 0.462. The smallest absolute Gasteiger partial charge is 0.253 e. The first-order valence-electron chi connectivity index (χ1n) is 5.76. The summed E-state index contributed by atoms with van der Waals surface area (Å²) in [5.41, 5.74) is 3.22. The highest BCUT2D eigenvalue weighted by Crippen LogP contribution is 2.12. The second-order valence-electron chi connectivity index (χ2n) is 4.34. The molecule has 0 bridgehead atoms. The van der Waals surface area contributed by atoms with Crippen LogP contribution >= 0.6 is 0 Å². The maximum absolute atomic E-state index is 12.2. The van der Waals surface area contributed by atoms with E-state index in [0.29, 0.717) is 0 Å². The Hall–Kier alpha value is -1.35. The fourth-order valence-electron chi connectivity index (χ4n) is 1.92.